The third-order valence-electron chi connectivity index (χ3n) is 4.11. The minimum atomic E-state index is 0. The molecule has 26 heavy (non-hydrogen) atoms. The van der Waals surface area contributed by atoms with E-state index in [-0.39, 0.29) is 12.4 Å². The number of hydrogen-bond acceptors (Lipinski definition) is 5. The highest BCUT2D eigenvalue weighted by Crippen LogP contribution is 2.21. The number of rotatable bonds is 3. The van der Waals surface area contributed by atoms with Gasteiger partial charge in [0.15, 0.2) is 5.65 Å². The summed E-state index contributed by atoms with van der Waals surface area (Å²) >= 11 is 0. The molecule has 0 spiro atoms. The number of halogens is 1. The predicted molar refractivity (Wildman–Crippen MR) is 106 cm³/mol. The molecule has 0 fully saturated rings. The maximum Gasteiger partial charge on any atom is 0.265 e. The van der Waals surface area contributed by atoms with Crippen LogP contribution in [0.5, 0.6) is 0 Å². The summed E-state index contributed by atoms with van der Waals surface area (Å²) in [6.45, 7) is 0. The molecule has 0 atom stereocenters. The van der Waals surface area contributed by atoms with Crippen molar-refractivity contribution in [2.24, 2.45) is 5.10 Å². The number of benzene rings is 2. The van der Waals surface area contributed by atoms with E-state index in [1.165, 1.54) is 0 Å². The molecule has 0 radical (unpaired) electrons. The standard InChI is InChI=1S/C18H13N7.ClH/c1-3-7-14-12(5-1)11(9-19-14)10-20-24-18-22-17-16(23-25-18)13-6-2-4-8-15(13)21-17;/h1-10,19H,(H2,21,22,24,25);1H/b20-10-;. The summed E-state index contributed by atoms with van der Waals surface area (Å²) in [5, 5.41) is 14.7. The van der Waals surface area contributed by atoms with Gasteiger partial charge in [-0.15, -0.1) is 22.6 Å². The average molecular weight is 364 g/mol. The van der Waals surface area contributed by atoms with Crippen LogP contribution in [0.4, 0.5) is 5.95 Å². The van der Waals surface area contributed by atoms with Crippen molar-refractivity contribution in [2.75, 3.05) is 5.43 Å². The number of H-pyrrole nitrogens is 2. The fourth-order valence-corrected chi connectivity index (χ4v) is 2.93. The van der Waals surface area contributed by atoms with Crippen LogP contribution >= 0.6 is 12.4 Å². The van der Waals surface area contributed by atoms with E-state index in [2.05, 4.69) is 35.7 Å². The number of hydrazone groups is 1. The zero-order valence-electron chi connectivity index (χ0n) is 13.5. The van der Waals surface area contributed by atoms with Gasteiger partial charge in [-0.2, -0.15) is 10.1 Å². The van der Waals surface area contributed by atoms with E-state index in [0.29, 0.717) is 11.6 Å². The van der Waals surface area contributed by atoms with E-state index in [1.807, 2.05) is 54.7 Å². The van der Waals surface area contributed by atoms with Gasteiger partial charge in [0.2, 0.25) is 0 Å². The topological polar surface area (TPSA) is 94.6 Å². The third kappa shape index (κ3) is 2.64. The van der Waals surface area contributed by atoms with E-state index in [9.17, 15) is 0 Å². The highest BCUT2D eigenvalue weighted by Gasteiger charge is 2.08. The highest BCUT2D eigenvalue weighted by atomic mass is 35.5. The number of aromatic nitrogens is 5. The fourth-order valence-electron chi connectivity index (χ4n) is 2.93. The largest absolute Gasteiger partial charge is 0.361 e. The van der Waals surface area contributed by atoms with Gasteiger partial charge in [0.1, 0.15) is 5.52 Å². The first-order valence-corrected chi connectivity index (χ1v) is 7.85. The third-order valence-corrected chi connectivity index (χ3v) is 4.11. The summed E-state index contributed by atoms with van der Waals surface area (Å²) in [5.74, 6) is 0.343. The summed E-state index contributed by atoms with van der Waals surface area (Å²) in [6, 6.07) is 16.0. The van der Waals surface area contributed by atoms with Crippen LogP contribution in [0.2, 0.25) is 0 Å². The quantitative estimate of drug-likeness (QED) is 0.335. The van der Waals surface area contributed by atoms with Gasteiger partial charge >= 0.3 is 0 Å². The van der Waals surface area contributed by atoms with Crippen LogP contribution in [-0.2, 0) is 0 Å². The monoisotopic (exact) mass is 363 g/mol. The first-order valence-electron chi connectivity index (χ1n) is 7.85. The zero-order chi connectivity index (χ0) is 16.6. The Balaban J connectivity index is 0.00000168. The Labute approximate surface area is 154 Å². The molecule has 3 aromatic heterocycles. The van der Waals surface area contributed by atoms with Gasteiger partial charge in [-0.1, -0.05) is 36.4 Å². The summed E-state index contributed by atoms with van der Waals surface area (Å²) in [4.78, 5) is 10.9. The zero-order valence-corrected chi connectivity index (χ0v) is 14.3. The lowest BCUT2D eigenvalue weighted by Crippen LogP contribution is -1.98. The second-order valence-electron chi connectivity index (χ2n) is 5.66. The summed E-state index contributed by atoms with van der Waals surface area (Å²) in [5.41, 5.74) is 7.31. The van der Waals surface area contributed by atoms with Crippen molar-refractivity contribution in [3.63, 3.8) is 0 Å². The molecular formula is C18H14ClN7. The molecule has 0 aliphatic heterocycles. The molecule has 0 saturated carbocycles. The first-order chi connectivity index (χ1) is 12.4. The molecule has 0 unspecified atom stereocenters. The molecule has 128 valence electrons. The lowest BCUT2D eigenvalue weighted by atomic mass is 10.2. The highest BCUT2D eigenvalue weighted by molar-refractivity contribution is 6.03. The molecule has 0 saturated heterocycles. The van der Waals surface area contributed by atoms with E-state index < -0.39 is 0 Å². The Bertz CT molecular complexity index is 1240. The Kier molecular flexibility index (Phi) is 3.98. The minimum Gasteiger partial charge on any atom is -0.361 e. The number of nitrogens with zero attached hydrogens (tertiary/aromatic N) is 4. The molecule has 0 amide bonds. The van der Waals surface area contributed by atoms with Gasteiger partial charge in [0.05, 0.1) is 6.21 Å². The number of hydrogen-bond donors (Lipinski definition) is 3. The SMILES string of the molecule is C(=N/Nc1nnc2c(n1)[nH]c1ccccc12)/c1c[nH]c2ccccc12.Cl. The molecule has 2 aromatic carbocycles. The molecular weight excluding hydrogens is 350 g/mol. The second-order valence-corrected chi connectivity index (χ2v) is 5.66. The van der Waals surface area contributed by atoms with E-state index in [4.69, 9.17) is 0 Å². The predicted octanol–water partition coefficient (Wildman–Crippen LogP) is 3.86. The van der Waals surface area contributed by atoms with Crippen LogP contribution in [0.3, 0.4) is 0 Å². The molecule has 5 aromatic rings. The molecule has 5 rings (SSSR count). The van der Waals surface area contributed by atoms with Gasteiger partial charge < -0.3 is 9.97 Å². The van der Waals surface area contributed by atoms with Crippen LogP contribution < -0.4 is 5.43 Å². The van der Waals surface area contributed by atoms with Gasteiger partial charge in [0.25, 0.3) is 5.95 Å². The summed E-state index contributed by atoms with van der Waals surface area (Å²) in [6.07, 6.45) is 3.65. The van der Waals surface area contributed by atoms with Crippen LogP contribution in [0.25, 0.3) is 33.0 Å². The Morgan fingerprint density at radius 3 is 2.58 bits per heavy atom. The van der Waals surface area contributed by atoms with Gasteiger partial charge in [-0.05, 0) is 12.1 Å². The van der Waals surface area contributed by atoms with Crippen molar-refractivity contribution in [1.29, 1.82) is 0 Å². The molecule has 0 aliphatic carbocycles. The minimum absolute atomic E-state index is 0. The molecule has 8 heteroatoms. The Morgan fingerprint density at radius 2 is 1.69 bits per heavy atom. The molecule has 0 bridgehead atoms. The molecule has 0 aliphatic rings. The van der Waals surface area contributed by atoms with E-state index >= 15 is 0 Å². The van der Waals surface area contributed by atoms with Crippen molar-refractivity contribution >= 4 is 57.5 Å². The fraction of sp³-hybridized carbons (Fsp3) is 0. The molecule has 3 heterocycles. The smallest absolute Gasteiger partial charge is 0.265 e. The number of para-hydroxylation sites is 2. The average Bonchev–Trinajstić information content (AvgIpc) is 3.23. The van der Waals surface area contributed by atoms with Crippen molar-refractivity contribution in [2.45, 2.75) is 0 Å². The van der Waals surface area contributed by atoms with Crippen molar-refractivity contribution in [3.05, 3.63) is 60.3 Å². The van der Waals surface area contributed by atoms with Crippen molar-refractivity contribution in [3.8, 4) is 0 Å². The van der Waals surface area contributed by atoms with Gasteiger partial charge in [0, 0.05) is 33.6 Å². The number of anilines is 1. The van der Waals surface area contributed by atoms with Crippen LogP contribution in [0.15, 0.2) is 59.8 Å². The maximum absolute atomic E-state index is 4.43. The Morgan fingerprint density at radius 1 is 0.923 bits per heavy atom. The number of aromatic amines is 2. The van der Waals surface area contributed by atoms with Gasteiger partial charge in [-0.25, -0.2) is 5.43 Å². The van der Waals surface area contributed by atoms with Crippen LogP contribution in [0.1, 0.15) is 5.56 Å². The number of nitrogens with one attached hydrogen (secondary N) is 3. The Hall–Kier alpha value is -3.45. The van der Waals surface area contributed by atoms with E-state index in [0.717, 1.165) is 32.9 Å². The van der Waals surface area contributed by atoms with Crippen molar-refractivity contribution in [1.82, 2.24) is 25.1 Å². The molecule has 7 nitrogen and oxygen atoms in total. The summed E-state index contributed by atoms with van der Waals surface area (Å²) < 4.78 is 0. The maximum atomic E-state index is 4.43. The lowest BCUT2D eigenvalue weighted by molar-refractivity contribution is 1.01. The first kappa shape index (κ1) is 16.0. The van der Waals surface area contributed by atoms with Crippen LogP contribution in [-0.4, -0.2) is 31.4 Å². The second kappa shape index (κ2) is 6.45. The van der Waals surface area contributed by atoms with E-state index in [1.54, 1.807) is 6.21 Å². The normalized spacial score (nSPS) is 11.4. The van der Waals surface area contributed by atoms with Crippen LogP contribution in [0, 0.1) is 0 Å². The number of fused-ring (bicyclic) bond motifs is 4. The summed E-state index contributed by atoms with van der Waals surface area (Å²) in [7, 11) is 0. The molecule has 3 N–H and O–H groups in total. The van der Waals surface area contributed by atoms with Crippen molar-refractivity contribution < 1.29 is 0 Å². The lowest BCUT2D eigenvalue weighted by Gasteiger charge is -1.97. The van der Waals surface area contributed by atoms with Gasteiger partial charge in [-0.3, -0.25) is 0 Å².